The summed E-state index contributed by atoms with van der Waals surface area (Å²) in [5.74, 6) is -2.20. The lowest BCUT2D eigenvalue weighted by atomic mass is 10.1. The van der Waals surface area contributed by atoms with Gasteiger partial charge >= 0.3 is 6.61 Å². The second kappa shape index (κ2) is 23.8. The van der Waals surface area contributed by atoms with Crippen molar-refractivity contribution >= 4 is 46.4 Å². The largest absolute Gasteiger partial charge is 0.488 e. The van der Waals surface area contributed by atoms with E-state index in [1.807, 2.05) is 11.0 Å². The first-order valence-electron chi connectivity index (χ1n) is 22.7. The van der Waals surface area contributed by atoms with Crippen LogP contribution in [0.15, 0.2) is 146 Å². The Labute approximate surface area is 410 Å². The van der Waals surface area contributed by atoms with E-state index in [4.69, 9.17) is 9.47 Å². The van der Waals surface area contributed by atoms with Gasteiger partial charge in [-0.25, -0.2) is 8.78 Å². The van der Waals surface area contributed by atoms with Gasteiger partial charge in [0, 0.05) is 47.2 Å². The van der Waals surface area contributed by atoms with Gasteiger partial charge < -0.3 is 35.5 Å². The van der Waals surface area contributed by atoms with Crippen LogP contribution < -0.4 is 30.7 Å². The van der Waals surface area contributed by atoms with Crippen LogP contribution in [0.2, 0.25) is 0 Å². The zero-order chi connectivity index (χ0) is 50.4. The summed E-state index contributed by atoms with van der Waals surface area (Å²) >= 11 is 0. The van der Waals surface area contributed by atoms with E-state index in [2.05, 4.69) is 41.0 Å². The van der Waals surface area contributed by atoms with Crippen molar-refractivity contribution in [1.29, 1.82) is 0 Å². The number of halogens is 4. The fourth-order valence-corrected chi connectivity index (χ4v) is 7.22. The minimum Gasteiger partial charge on any atom is -0.488 e. The number of carbonyl (C=O) groups excluding carboxylic acids is 4. The van der Waals surface area contributed by atoms with Crippen LogP contribution in [0.5, 0.6) is 11.5 Å². The summed E-state index contributed by atoms with van der Waals surface area (Å²) in [6.45, 7) is -0.940. The molecule has 7 aromatic rings. The number of alkyl halides is 2. The molecule has 15 nitrogen and oxygen atoms in total. The highest BCUT2D eigenvalue weighted by Gasteiger charge is 2.26. The highest BCUT2D eigenvalue weighted by molar-refractivity contribution is 6.07. The number of amides is 4. The number of nitrogens with one attached hydrogen (secondary N) is 4. The van der Waals surface area contributed by atoms with Gasteiger partial charge in [-0.05, 0) is 110 Å². The maximum Gasteiger partial charge on any atom is 0.387 e. The number of rotatable bonds is 16. The van der Waals surface area contributed by atoms with Crippen LogP contribution >= 0.6 is 0 Å². The van der Waals surface area contributed by atoms with Crippen molar-refractivity contribution in [3.63, 3.8) is 0 Å². The van der Waals surface area contributed by atoms with Gasteiger partial charge in [0.1, 0.15) is 23.1 Å². The van der Waals surface area contributed by atoms with Crippen molar-refractivity contribution in [3.8, 4) is 34.0 Å². The maximum absolute atomic E-state index is 14.0. The molecule has 368 valence electrons. The Hall–Kier alpha value is -8.55. The highest BCUT2D eigenvalue weighted by atomic mass is 19.3. The number of nitrogens with zero attached hydrogens (tertiary/aromatic N) is 4. The zero-order valence-corrected chi connectivity index (χ0v) is 38.3. The van der Waals surface area contributed by atoms with Gasteiger partial charge in [0.15, 0.2) is 0 Å². The monoisotopic (exact) mass is 982 g/mol. The van der Waals surface area contributed by atoms with Gasteiger partial charge in [-0.3, -0.25) is 39.0 Å². The Bertz CT molecular complexity index is 3010. The average molecular weight is 983 g/mol. The summed E-state index contributed by atoms with van der Waals surface area (Å²) in [5, 5.41) is 10.8. The Balaban J connectivity index is 0.000000193. The normalized spacial score (nSPS) is 13.2. The van der Waals surface area contributed by atoms with E-state index in [1.165, 1.54) is 42.7 Å². The van der Waals surface area contributed by atoms with E-state index in [0.29, 0.717) is 82.9 Å². The van der Waals surface area contributed by atoms with Crippen molar-refractivity contribution in [1.82, 2.24) is 19.9 Å². The molecule has 4 aromatic carbocycles. The molecule has 0 atom stereocenters. The number of aromatic nitrogens is 3. The number of hydrogen-bond donors (Lipinski definition) is 4. The third-order valence-electron chi connectivity index (χ3n) is 10.9. The zero-order valence-electron chi connectivity index (χ0n) is 38.3. The third-order valence-corrected chi connectivity index (χ3v) is 10.9. The lowest BCUT2D eigenvalue weighted by Crippen LogP contribution is -2.41. The summed E-state index contributed by atoms with van der Waals surface area (Å²) < 4.78 is 69.4. The minimum absolute atomic E-state index is 0.0356. The number of carbonyl (C=O) groups is 4. The van der Waals surface area contributed by atoms with Crippen LogP contribution in [0.25, 0.3) is 22.5 Å². The number of benzene rings is 4. The lowest BCUT2D eigenvalue weighted by molar-refractivity contribution is -0.118. The molecule has 0 radical (unpaired) electrons. The SMILES string of the molecule is O=C(CN1CCOCC1)Nc1cc(C(=O)Nc2ccc(-c3ccccc3F)nc2)ccc1OC(F)F.O=C(Cc1ccccn1)Nc1cc(C(=O)Nc2ccc(-c3ccccc3F)nc2)ccc1OC1CC1. The fourth-order valence-electron chi connectivity index (χ4n) is 7.22. The minimum atomic E-state index is -3.11. The molecule has 72 heavy (non-hydrogen) atoms. The molecular weight excluding hydrogens is 937 g/mol. The van der Waals surface area contributed by atoms with Crippen molar-refractivity contribution < 1.29 is 51.0 Å². The number of morpholine rings is 1. The molecule has 1 aliphatic carbocycles. The summed E-state index contributed by atoms with van der Waals surface area (Å²) in [7, 11) is 0. The summed E-state index contributed by atoms with van der Waals surface area (Å²) in [6, 6.07) is 33.0. The topological polar surface area (TPSA) is 186 Å². The molecule has 0 bridgehead atoms. The molecule has 0 unspecified atom stereocenters. The van der Waals surface area contributed by atoms with Crippen LogP contribution in [-0.4, -0.2) is 89.0 Å². The van der Waals surface area contributed by atoms with E-state index in [9.17, 15) is 36.7 Å². The molecule has 1 aliphatic heterocycles. The quantitative estimate of drug-likeness (QED) is 0.0677. The molecule has 19 heteroatoms. The van der Waals surface area contributed by atoms with Gasteiger partial charge in [-0.1, -0.05) is 30.3 Å². The standard InChI is InChI=1S/C28H23FN4O3.C25H23F3N4O4/c29-23-7-2-1-6-22(23)24-12-9-20(17-31-24)32-28(35)18-8-13-26(36-21-10-11-21)25(15-18)33-27(34)16-19-5-3-4-14-30-19;26-19-4-2-1-3-18(19)20-7-6-17(14-29-20)30-24(34)16-5-8-22(36-25(27)28)21(13-16)31-23(33)15-32-9-11-35-12-10-32/h1-9,12-15,17,21H,10-11,16H2,(H,32,35)(H,33,34);1-8,13-14,25H,9-12,15H2,(H,30,34)(H,31,33). The smallest absolute Gasteiger partial charge is 0.387 e. The van der Waals surface area contributed by atoms with E-state index in [-0.39, 0.29) is 53.7 Å². The molecule has 3 aromatic heterocycles. The first-order valence-corrected chi connectivity index (χ1v) is 22.7. The van der Waals surface area contributed by atoms with Crippen LogP contribution in [0.3, 0.4) is 0 Å². The summed E-state index contributed by atoms with van der Waals surface area (Å²) in [4.78, 5) is 65.4. The van der Waals surface area contributed by atoms with Crippen molar-refractivity contribution in [3.05, 3.63) is 174 Å². The van der Waals surface area contributed by atoms with Crippen LogP contribution in [0, 0.1) is 11.6 Å². The summed E-state index contributed by atoms with van der Waals surface area (Å²) in [6.07, 6.45) is 6.61. The van der Waals surface area contributed by atoms with Gasteiger partial charge in [0.25, 0.3) is 11.8 Å². The molecule has 4 heterocycles. The van der Waals surface area contributed by atoms with E-state index >= 15 is 0 Å². The first kappa shape index (κ1) is 49.9. The highest BCUT2D eigenvalue weighted by Crippen LogP contribution is 2.34. The predicted octanol–water partition coefficient (Wildman–Crippen LogP) is 9.27. The number of ether oxygens (including phenoxy) is 3. The predicted molar refractivity (Wildman–Crippen MR) is 261 cm³/mol. The number of hydrogen-bond acceptors (Lipinski definition) is 11. The van der Waals surface area contributed by atoms with Crippen LogP contribution in [-0.2, 0) is 20.7 Å². The van der Waals surface area contributed by atoms with Crippen LogP contribution in [0.4, 0.5) is 40.3 Å². The first-order chi connectivity index (χ1) is 34.9. The van der Waals surface area contributed by atoms with Crippen molar-refractivity contribution in [2.75, 3.05) is 54.1 Å². The molecule has 2 fully saturated rings. The number of anilines is 4. The Kier molecular flexibility index (Phi) is 16.5. The average Bonchev–Trinajstić information content (AvgIpc) is 4.21. The molecule has 4 N–H and O–H groups in total. The van der Waals surface area contributed by atoms with Gasteiger partial charge in [-0.15, -0.1) is 0 Å². The summed E-state index contributed by atoms with van der Waals surface area (Å²) in [5.41, 5.74) is 3.79. The molecule has 4 amide bonds. The molecule has 9 rings (SSSR count). The Morgan fingerprint density at radius 2 is 1.17 bits per heavy atom. The van der Waals surface area contributed by atoms with Crippen molar-refractivity contribution in [2.45, 2.75) is 32.0 Å². The second-order valence-corrected chi connectivity index (χ2v) is 16.3. The molecule has 1 saturated carbocycles. The second-order valence-electron chi connectivity index (χ2n) is 16.3. The lowest BCUT2D eigenvalue weighted by Gasteiger charge is -2.26. The fraction of sp³-hybridized carbons (Fsp3) is 0.189. The van der Waals surface area contributed by atoms with Crippen LogP contribution in [0.1, 0.15) is 39.3 Å². The molecular formula is C53H46F4N8O7. The van der Waals surface area contributed by atoms with Gasteiger partial charge in [0.2, 0.25) is 11.8 Å². The Morgan fingerprint density at radius 3 is 1.68 bits per heavy atom. The van der Waals surface area contributed by atoms with Crippen molar-refractivity contribution in [2.24, 2.45) is 0 Å². The van der Waals surface area contributed by atoms with Gasteiger partial charge in [0.05, 0.1) is 78.8 Å². The molecule has 1 saturated heterocycles. The van der Waals surface area contributed by atoms with E-state index in [1.54, 1.807) is 97.2 Å². The van der Waals surface area contributed by atoms with Gasteiger partial charge in [-0.2, -0.15) is 8.78 Å². The molecule has 2 aliphatic rings. The Morgan fingerprint density at radius 1 is 0.625 bits per heavy atom. The van der Waals surface area contributed by atoms with E-state index in [0.717, 1.165) is 12.8 Å². The molecule has 0 spiro atoms. The maximum atomic E-state index is 14.0. The van der Waals surface area contributed by atoms with E-state index < -0.39 is 24.2 Å². The third kappa shape index (κ3) is 14.0. The number of pyridine rings is 3.